The van der Waals surface area contributed by atoms with Gasteiger partial charge in [-0.15, -0.1) is 6.58 Å². The Morgan fingerprint density at radius 2 is 2.00 bits per heavy atom. The Balaban J connectivity index is 2.58. The van der Waals surface area contributed by atoms with Crippen LogP contribution in [0.25, 0.3) is 0 Å². The third-order valence-corrected chi connectivity index (χ3v) is 1.36. The van der Waals surface area contributed by atoms with Crippen LogP contribution in [0.15, 0.2) is 36.9 Å². The van der Waals surface area contributed by atoms with E-state index in [-0.39, 0.29) is 0 Å². The molecule has 1 rings (SSSR count). The number of hydrogen-bond donors (Lipinski definition) is 2. The number of anilines is 2. The van der Waals surface area contributed by atoms with Crippen LogP contribution in [0.2, 0.25) is 0 Å². The zero-order valence-corrected chi connectivity index (χ0v) is 6.38. The summed E-state index contributed by atoms with van der Waals surface area (Å²) >= 11 is 0. The number of rotatable bonds is 3. The van der Waals surface area contributed by atoms with Crippen LogP contribution in [0.4, 0.5) is 11.4 Å². The summed E-state index contributed by atoms with van der Waals surface area (Å²) in [5.74, 6) is 0. The molecule has 0 saturated carbocycles. The van der Waals surface area contributed by atoms with Gasteiger partial charge in [-0.3, -0.25) is 0 Å². The minimum Gasteiger partial charge on any atom is -0.399 e. The minimum absolute atomic E-state index is 0.782. The molecule has 3 N–H and O–H groups in total. The third kappa shape index (κ3) is 2.34. The summed E-state index contributed by atoms with van der Waals surface area (Å²) < 4.78 is 0. The zero-order chi connectivity index (χ0) is 8.10. The SMILES string of the molecule is C=CCNc1ccc(N)cc1. The Kier molecular flexibility index (Phi) is 2.55. The number of hydrogen-bond acceptors (Lipinski definition) is 2. The highest BCUT2D eigenvalue weighted by Crippen LogP contribution is 2.09. The van der Waals surface area contributed by atoms with E-state index in [2.05, 4.69) is 11.9 Å². The summed E-state index contributed by atoms with van der Waals surface area (Å²) in [5.41, 5.74) is 7.36. The van der Waals surface area contributed by atoms with E-state index in [1.54, 1.807) is 0 Å². The van der Waals surface area contributed by atoms with Gasteiger partial charge in [0.05, 0.1) is 0 Å². The van der Waals surface area contributed by atoms with Crippen LogP contribution in [0.3, 0.4) is 0 Å². The predicted molar refractivity (Wildman–Crippen MR) is 49.5 cm³/mol. The monoisotopic (exact) mass is 148 g/mol. The predicted octanol–water partition coefficient (Wildman–Crippen LogP) is 1.87. The molecule has 0 spiro atoms. The maximum Gasteiger partial charge on any atom is 0.0344 e. The molecule has 0 atom stereocenters. The van der Waals surface area contributed by atoms with Gasteiger partial charge in [-0.05, 0) is 24.3 Å². The largest absolute Gasteiger partial charge is 0.399 e. The zero-order valence-electron chi connectivity index (χ0n) is 6.38. The average molecular weight is 148 g/mol. The second-order valence-corrected chi connectivity index (χ2v) is 2.29. The lowest BCUT2D eigenvalue weighted by atomic mass is 10.3. The van der Waals surface area contributed by atoms with Crippen molar-refractivity contribution in [3.05, 3.63) is 36.9 Å². The number of benzene rings is 1. The van der Waals surface area contributed by atoms with E-state index in [9.17, 15) is 0 Å². The van der Waals surface area contributed by atoms with Crippen molar-refractivity contribution >= 4 is 11.4 Å². The first-order valence-corrected chi connectivity index (χ1v) is 3.53. The van der Waals surface area contributed by atoms with Crippen molar-refractivity contribution in [3.8, 4) is 0 Å². The van der Waals surface area contributed by atoms with Gasteiger partial charge >= 0.3 is 0 Å². The van der Waals surface area contributed by atoms with E-state index >= 15 is 0 Å². The van der Waals surface area contributed by atoms with Gasteiger partial charge in [-0.25, -0.2) is 0 Å². The second-order valence-electron chi connectivity index (χ2n) is 2.29. The van der Waals surface area contributed by atoms with Crippen LogP contribution in [-0.4, -0.2) is 6.54 Å². The van der Waals surface area contributed by atoms with Gasteiger partial charge in [0.25, 0.3) is 0 Å². The highest BCUT2D eigenvalue weighted by atomic mass is 14.8. The fourth-order valence-corrected chi connectivity index (χ4v) is 0.791. The summed E-state index contributed by atoms with van der Waals surface area (Å²) in [6.07, 6.45) is 1.82. The Morgan fingerprint density at radius 1 is 1.36 bits per heavy atom. The number of nitrogens with two attached hydrogens (primary N) is 1. The molecule has 0 aromatic heterocycles. The molecular weight excluding hydrogens is 136 g/mol. The molecule has 0 aliphatic rings. The first kappa shape index (κ1) is 7.66. The average Bonchev–Trinajstić information content (AvgIpc) is 2.04. The number of nitrogen functional groups attached to an aromatic ring is 1. The van der Waals surface area contributed by atoms with Crippen molar-refractivity contribution in [2.45, 2.75) is 0 Å². The maximum absolute atomic E-state index is 5.51. The molecule has 1 aromatic rings. The molecule has 2 nitrogen and oxygen atoms in total. The molecular formula is C9H12N2. The minimum atomic E-state index is 0.782. The van der Waals surface area contributed by atoms with Crippen molar-refractivity contribution in [1.29, 1.82) is 0 Å². The first-order chi connectivity index (χ1) is 5.33. The van der Waals surface area contributed by atoms with Crippen LogP contribution in [0.5, 0.6) is 0 Å². The molecule has 0 fully saturated rings. The molecule has 2 heteroatoms. The summed E-state index contributed by atoms with van der Waals surface area (Å²) in [7, 11) is 0. The van der Waals surface area contributed by atoms with Crippen molar-refractivity contribution < 1.29 is 0 Å². The molecule has 0 amide bonds. The van der Waals surface area contributed by atoms with Crippen LogP contribution in [0.1, 0.15) is 0 Å². The van der Waals surface area contributed by atoms with Crippen molar-refractivity contribution in [2.24, 2.45) is 0 Å². The second kappa shape index (κ2) is 3.66. The van der Waals surface area contributed by atoms with E-state index in [1.165, 1.54) is 0 Å². The van der Waals surface area contributed by atoms with E-state index in [4.69, 9.17) is 5.73 Å². The number of nitrogens with one attached hydrogen (secondary N) is 1. The van der Waals surface area contributed by atoms with Gasteiger partial charge in [0.2, 0.25) is 0 Å². The normalized spacial score (nSPS) is 9.09. The van der Waals surface area contributed by atoms with Crippen LogP contribution < -0.4 is 11.1 Å². The Hall–Kier alpha value is -1.44. The first-order valence-electron chi connectivity index (χ1n) is 3.53. The molecule has 0 bridgehead atoms. The Morgan fingerprint density at radius 3 is 2.55 bits per heavy atom. The van der Waals surface area contributed by atoms with Crippen molar-refractivity contribution in [1.82, 2.24) is 0 Å². The topological polar surface area (TPSA) is 38.0 Å². The molecule has 0 unspecified atom stereocenters. The van der Waals surface area contributed by atoms with E-state index in [1.807, 2.05) is 30.3 Å². The van der Waals surface area contributed by atoms with Gasteiger partial charge in [0.1, 0.15) is 0 Å². The molecule has 1 aromatic carbocycles. The molecule has 11 heavy (non-hydrogen) atoms. The van der Waals surface area contributed by atoms with Crippen molar-refractivity contribution in [2.75, 3.05) is 17.6 Å². The maximum atomic E-state index is 5.51. The summed E-state index contributed by atoms with van der Waals surface area (Å²) in [4.78, 5) is 0. The lowest BCUT2D eigenvalue weighted by Crippen LogP contribution is -1.97. The fraction of sp³-hybridized carbons (Fsp3) is 0.111. The highest BCUT2D eigenvalue weighted by Gasteiger charge is 1.87. The van der Waals surface area contributed by atoms with Crippen LogP contribution in [-0.2, 0) is 0 Å². The molecule has 0 radical (unpaired) electrons. The smallest absolute Gasteiger partial charge is 0.0344 e. The summed E-state index contributed by atoms with van der Waals surface area (Å²) in [5, 5.41) is 3.15. The van der Waals surface area contributed by atoms with Gasteiger partial charge in [-0.2, -0.15) is 0 Å². The van der Waals surface area contributed by atoms with Crippen LogP contribution in [0, 0.1) is 0 Å². The van der Waals surface area contributed by atoms with Gasteiger partial charge in [0, 0.05) is 17.9 Å². The van der Waals surface area contributed by atoms with E-state index < -0.39 is 0 Å². The van der Waals surface area contributed by atoms with Crippen LogP contribution >= 0.6 is 0 Å². The third-order valence-electron chi connectivity index (χ3n) is 1.36. The Labute approximate surface area is 66.7 Å². The molecule has 0 aliphatic heterocycles. The lowest BCUT2D eigenvalue weighted by Gasteiger charge is -2.01. The standard InChI is InChI=1S/C9H12N2/c1-2-7-11-9-5-3-8(10)4-6-9/h2-6,11H,1,7,10H2. The molecule has 0 heterocycles. The molecule has 58 valence electrons. The van der Waals surface area contributed by atoms with Gasteiger partial charge < -0.3 is 11.1 Å². The quantitative estimate of drug-likeness (QED) is 0.507. The Bertz CT molecular complexity index is 226. The molecule has 0 saturated heterocycles. The molecule has 0 aliphatic carbocycles. The highest BCUT2D eigenvalue weighted by molar-refractivity contribution is 5.51. The fourth-order valence-electron chi connectivity index (χ4n) is 0.791. The summed E-state index contributed by atoms with van der Waals surface area (Å²) in [6, 6.07) is 7.62. The van der Waals surface area contributed by atoms with Crippen molar-refractivity contribution in [3.63, 3.8) is 0 Å². The van der Waals surface area contributed by atoms with E-state index in [0.29, 0.717) is 0 Å². The van der Waals surface area contributed by atoms with E-state index in [0.717, 1.165) is 17.9 Å². The van der Waals surface area contributed by atoms with Gasteiger partial charge in [0.15, 0.2) is 0 Å². The summed E-state index contributed by atoms with van der Waals surface area (Å²) in [6.45, 7) is 4.39. The lowest BCUT2D eigenvalue weighted by molar-refractivity contribution is 1.34. The van der Waals surface area contributed by atoms with Gasteiger partial charge in [-0.1, -0.05) is 6.08 Å².